The summed E-state index contributed by atoms with van der Waals surface area (Å²) in [5, 5.41) is 13.5. The molecule has 1 unspecified atom stereocenters. The van der Waals surface area contributed by atoms with Crippen LogP contribution in [-0.4, -0.2) is 28.4 Å². The van der Waals surface area contributed by atoms with E-state index >= 15 is 0 Å². The SMILES string of the molecule is O=C(O)[C@H]1CCCC[C@H]1C(=O)N1CCCC1c1ccsc1. The quantitative estimate of drug-likeness (QED) is 0.932. The van der Waals surface area contributed by atoms with Crippen LogP contribution in [-0.2, 0) is 9.59 Å². The van der Waals surface area contributed by atoms with E-state index in [1.165, 1.54) is 5.56 Å². The number of thiophene rings is 1. The molecule has 3 rings (SSSR count). The van der Waals surface area contributed by atoms with Crippen molar-refractivity contribution in [3.8, 4) is 0 Å². The molecule has 1 aliphatic carbocycles. The second-order valence-corrected chi connectivity index (χ2v) is 6.86. The molecule has 1 N–H and O–H groups in total. The average Bonchev–Trinajstić information content (AvgIpc) is 3.16. The van der Waals surface area contributed by atoms with E-state index in [4.69, 9.17) is 0 Å². The zero-order valence-corrected chi connectivity index (χ0v) is 12.8. The highest BCUT2D eigenvalue weighted by molar-refractivity contribution is 7.07. The van der Waals surface area contributed by atoms with Crippen LogP contribution in [0.5, 0.6) is 0 Å². The van der Waals surface area contributed by atoms with Gasteiger partial charge in [-0.05, 0) is 48.1 Å². The van der Waals surface area contributed by atoms with Gasteiger partial charge in [0.15, 0.2) is 0 Å². The molecular formula is C16H21NO3S. The van der Waals surface area contributed by atoms with Crippen LogP contribution in [0, 0.1) is 11.8 Å². The van der Waals surface area contributed by atoms with E-state index in [-0.39, 0.29) is 17.9 Å². The lowest BCUT2D eigenvalue weighted by molar-refractivity contribution is -0.152. The molecule has 114 valence electrons. The van der Waals surface area contributed by atoms with Gasteiger partial charge in [-0.2, -0.15) is 11.3 Å². The number of hydrogen-bond acceptors (Lipinski definition) is 3. The van der Waals surface area contributed by atoms with Gasteiger partial charge >= 0.3 is 5.97 Å². The van der Waals surface area contributed by atoms with Gasteiger partial charge in [-0.25, -0.2) is 0 Å². The molecule has 2 aliphatic rings. The second-order valence-electron chi connectivity index (χ2n) is 6.08. The van der Waals surface area contributed by atoms with Gasteiger partial charge in [0.05, 0.1) is 17.9 Å². The Morgan fingerprint density at radius 1 is 1.14 bits per heavy atom. The molecule has 2 fully saturated rings. The van der Waals surface area contributed by atoms with Crippen LogP contribution in [0.1, 0.15) is 50.1 Å². The van der Waals surface area contributed by atoms with Crippen molar-refractivity contribution in [2.75, 3.05) is 6.54 Å². The lowest BCUT2D eigenvalue weighted by Crippen LogP contribution is -2.42. The van der Waals surface area contributed by atoms with E-state index in [0.29, 0.717) is 6.42 Å². The standard InChI is InChI=1S/C16H21NO3S/c18-15(12-4-1-2-5-13(12)16(19)20)17-8-3-6-14(17)11-7-9-21-10-11/h7,9-10,12-14H,1-6,8H2,(H,19,20)/t12-,13+,14?/m1/s1. The zero-order chi connectivity index (χ0) is 14.8. The molecule has 4 nitrogen and oxygen atoms in total. The maximum Gasteiger partial charge on any atom is 0.307 e. The smallest absolute Gasteiger partial charge is 0.307 e. The highest BCUT2D eigenvalue weighted by atomic mass is 32.1. The van der Waals surface area contributed by atoms with Crippen LogP contribution >= 0.6 is 11.3 Å². The van der Waals surface area contributed by atoms with Gasteiger partial charge in [-0.1, -0.05) is 12.8 Å². The molecule has 0 spiro atoms. The van der Waals surface area contributed by atoms with Gasteiger partial charge < -0.3 is 10.0 Å². The second kappa shape index (κ2) is 6.18. The third kappa shape index (κ3) is 2.84. The van der Waals surface area contributed by atoms with Gasteiger partial charge in [-0.3, -0.25) is 9.59 Å². The first-order valence-corrected chi connectivity index (χ1v) is 8.68. The van der Waals surface area contributed by atoms with Crippen molar-refractivity contribution in [1.29, 1.82) is 0 Å². The first-order valence-electron chi connectivity index (χ1n) is 7.74. The molecule has 0 bridgehead atoms. The summed E-state index contributed by atoms with van der Waals surface area (Å²) in [5.41, 5.74) is 1.20. The topological polar surface area (TPSA) is 57.6 Å². The highest BCUT2D eigenvalue weighted by Crippen LogP contribution is 2.38. The maximum atomic E-state index is 12.9. The van der Waals surface area contributed by atoms with Crippen molar-refractivity contribution < 1.29 is 14.7 Å². The fourth-order valence-electron chi connectivity index (χ4n) is 3.78. The monoisotopic (exact) mass is 307 g/mol. The number of hydrogen-bond donors (Lipinski definition) is 1. The molecule has 1 saturated carbocycles. The highest BCUT2D eigenvalue weighted by Gasteiger charge is 2.41. The summed E-state index contributed by atoms with van der Waals surface area (Å²) in [6.07, 6.45) is 5.26. The molecule has 5 heteroatoms. The molecule has 2 heterocycles. The molecule has 21 heavy (non-hydrogen) atoms. The Kier molecular flexibility index (Phi) is 4.29. The number of carbonyl (C=O) groups excluding carboxylic acids is 1. The average molecular weight is 307 g/mol. The first kappa shape index (κ1) is 14.6. The van der Waals surface area contributed by atoms with E-state index in [2.05, 4.69) is 11.4 Å². The Labute approximate surface area is 128 Å². The van der Waals surface area contributed by atoms with Gasteiger partial charge in [0, 0.05) is 6.54 Å². The predicted octanol–water partition coefficient (Wildman–Crippen LogP) is 3.30. The Hall–Kier alpha value is -1.36. The number of carboxylic acid groups (broad SMARTS) is 1. The number of likely N-dealkylation sites (tertiary alicyclic amines) is 1. The molecule has 3 atom stereocenters. The molecule has 1 aliphatic heterocycles. The first-order chi connectivity index (χ1) is 10.2. The van der Waals surface area contributed by atoms with E-state index in [9.17, 15) is 14.7 Å². The Balaban J connectivity index is 1.78. The molecule has 0 aromatic carbocycles. The Morgan fingerprint density at radius 2 is 1.90 bits per heavy atom. The van der Waals surface area contributed by atoms with Gasteiger partial charge in [0.2, 0.25) is 5.91 Å². The minimum absolute atomic E-state index is 0.0656. The normalized spacial score (nSPS) is 29.5. The Morgan fingerprint density at radius 3 is 2.57 bits per heavy atom. The summed E-state index contributed by atoms with van der Waals surface area (Å²) >= 11 is 1.65. The molecular weight excluding hydrogens is 286 g/mol. The summed E-state index contributed by atoms with van der Waals surface area (Å²) in [5.74, 6) is -1.56. The van der Waals surface area contributed by atoms with Crippen molar-refractivity contribution in [1.82, 2.24) is 4.90 Å². The third-order valence-corrected chi connectivity index (χ3v) is 5.57. The molecule has 1 aromatic rings. The number of carbonyl (C=O) groups is 2. The van der Waals surface area contributed by atoms with Gasteiger partial charge in [0.1, 0.15) is 0 Å². The fraction of sp³-hybridized carbons (Fsp3) is 0.625. The Bertz CT molecular complexity index is 514. The van der Waals surface area contributed by atoms with Crippen LogP contribution < -0.4 is 0 Å². The number of amides is 1. The van der Waals surface area contributed by atoms with Crippen LogP contribution in [0.15, 0.2) is 16.8 Å². The van der Waals surface area contributed by atoms with E-state index in [0.717, 1.165) is 38.6 Å². The van der Waals surface area contributed by atoms with Crippen LogP contribution in [0.3, 0.4) is 0 Å². The van der Waals surface area contributed by atoms with E-state index < -0.39 is 11.9 Å². The molecule has 1 saturated heterocycles. The van der Waals surface area contributed by atoms with Crippen molar-refractivity contribution in [2.24, 2.45) is 11.8 Å². The van der Waals surface area contributed by atoms with E-state index in [1.807, 2.05) is 10.3 Å². The third-order valence-electron chi connectivity index (χ3n) is 4.86. The lowest BCUT2D eigenvalue weighted by atomic mass is 9.78. The fourth-order valence-corrected chi connectivity index (χ4v) is 4.48. The van der Waals surface area contributed by atoms with Crippen LogP contribution in [0.25, 0.3) is 0 Å². The largest absolute Gasteiger partial charge is 0.481 e. The maximum absolute atomic E-state index is 12.9. The summed E-state index contributed by atoms with van der Waals surface area (Å²) in [6.45, 7) is 0.766. The summed E-state index contributed by atoms with van der Waals surface area (Å²) in [4.78, 5) is 26.3. The van der Waals surface area contributed by atoms with Crippen LogP contribution in [0.4, 0.5) is 0 Å². The summed E-state index contributed by atoms with van der Waals surface area (Å²) < 4.78 is 0. The van der Waals surface area contributed by atoms with Crippen molar-refractivity contribution in [3.63, 3.8) is 0 Å². The summed E-state index contributed by atoms with van der Waals surface area (Å²) in [7, 11) is 0. The lowest BCUT2D eigenvalue weighted by Gasteiger charge is -2.33. The van der Waals surface area contributed by atoms with Crippen molar-refractivity contribution >= 4 is 23.2 Å². The van der Waals surface area contributed by atoms with Crippen molar-refractivity contribution in [2.45, 2.75) is 44.6 Å². The van der Waals surface area contributed by atoms with Crippen molar-refractivity contribution in [3.05, 3.63) is 22.4 Å². The summed E-state index contributed by atoms with van der Waals surface area (Å²) in [6, 6.07) is 2.23. The molecule has 1 amide bonds. The van der Waals surface area contributed by atoms with Crippen LogP contribution in [0.2, 0.25) is 0 Å². The number of aliphatic carboxylic acids is 1. The van der Waals surface area contributed by atoms with Gasteiger partial charge in [-0.15, -0.1) is 0 Å². The number of rotatable bonds is 3. The minimum Gasteiger partial charge on any atom is -0.481 e. The molecule has 1 aromatic heterocycles. The molecule has 0 radical (unpaired) electrons. The predicted molar refractivity (Wildman–Crippen MR) is 81.1 cm³/mol. The zero-order valence-electron chi connectivity index (χ0n) is 12.0. The van der Waals surface area contributed by atoms with Gasteiger partial charge in [0.25, 0.3) is 0 Å². The van der Waals surface area contributed by atoms with E-state index in [1.54, 1.807) is 11.3 Å². The number of nitrogens with zero attached hydrogens (tertiary/aromatic N) is 1. The number of carboxylic acids is 1. The minimum atomic E-state index is -0.806.